The van der Waals surface area contributed by atoms with Crippen LogP contribution in [-0.2, 0) is 11.3 Å². The number of allylic oxidation sites excluding steroid dienone is 3. The lowest BCUT2D eigenvalue weighted by Crippen LogP contribution is -2.43. The summed E-state index contributed by atoms with van der Waals surface area (Å²) >= 11 is 1.90. The molecule has 142 valence electrons. The van der Waals surface area contributed by atoms with E-state index in [-0.39, 0.29) is 35.8 Å². The second-order valence-electron chi connectivity index (χ2n) is 7.05. The number of aliphatic imine (C=N–C) groups is 1. The fourth-order valence-corrected chi connectivity index (χ4v) is 6.13. The molecule has 7 heteroatoms. The highest BCUT2D eigenvalue weighted by Crippen LogP contribution is 2.57. The predicted octanol–water partition coefficient (Wildman–Crippen LogP) is 3.49. The molecule has 0 saturated carbocycles. The number of nitrogens with zero attached hydrogens (tertiary/aromatic N) is 1. The smallest absolute Gasteiger partial charge is 0.231 e. The van der Waals surface area contributed by atoms with Crippen LogP contribution < -0.4 is 14.8 Å². The predicted molar refractivity (Wildman–Crippen MR) is 109 cm³/mol. The van der Waals surface area contributed by atoms with Gasteiger partial charge in [-0.2, -0.15) is 0 Å². The van der Waals surface area contributed by atoms with Gasteiger partial charge in [0, 0.05) is 18.5 Å². The lowest BCUT2D eigenvalue weighted by Gasteiger charge is -2.39. The number of amides is 1. The Balaban J connectivity index is 0.00000180. The summed E-state index contributed by atoms with van der Waals surface area (Å²) in [6.45, 7) is 0.771. The van der Waals surface area contributed by atoms with Crippen molar-refractivity contribution < 1.29 is 14.3 Å². The van der Waals surface area contributed by atoms with Crippen molar-refractivity contribution in [3.63, 3.8) is 0 Å². The van der Waals surface area contributed by atoms with Crippen molar-refractivity contribution >= 4 is 36.3 Å². The fourth-order valence-electron chi connectivity index (χ4n) is 4.31. The minimum absolute atomic E-state index is 0. The summed E-state index contributed by atoms with van der Waals surface area (Å²) in [6.07, 6.45) is 10.2. The minimum Gasteiger partial charge on any atom is -0.454 e. The third kappa shape index (κ3) is 3.05. The molecule has 2 unspecified atom stereocenters. The van der Waals surface area contributed by atoms with Gasteiger partial charge in [0.2, 0.25) is 12.7 Å². The second-order valence-corrected chi connectivity index (χ2v) is 8.40. The van der Waals surface area contributed by atoms with Crippen LogP contribution in [0.4, 0.5) is 0 Å². The summed E-state index contributed by atoms with van der Waals surface area (Å²) in [5, 5.41) is 3.13. The van der Waals surface area contributed by atoms with Crippen LogP contribution in [0.25, 0.3) is 0 Å². The number of ether oxygens (including phenoxy) is 2. The van der Waals surface area contributed by atoms with Crippen molar-refractivity contribution in [3.05, 3.63) is 47.7 Å². The molecule has 0 aromatic heterocycles. The molecule has 27 heavy (non-hydrogen) atoms. The highest BCUT2D eigenvalue weighted by atomic mass is 35.5. The molecule has 0 radical (unpaired) electrons. The Morgan fingerprint density at radius 2 is 2.22 bits per heavy atom. The Labute approximate surface area is 168 Å². The number of benzene rings is 1. The van der Waals surface area contributed by atoms with Crippen LogP contribution in [0.1, 0.15) is 18.4 Å². The maximum absolute atomic E-state index is 12.9. The van der Waals surface area contributed by atoms with Crippen LogP contribution in [0.2, 0.25) is 0 Å². The Morgan fingerprint density at radius 1 is 1.33 bits per heavy atom. The maximum atomic E-state index is 12.9. The van der Waals surface area contributed by atoms with Crippen molar-refractivity contribution in [2.75, 3.05) is 12.5 Å². The summed E-state index contributed by atoms with van der Waals surface area (Å²) in [4.78, 5) is 17.5. The molecule has 1 amide bonds. The van der Waals surface area contributed by atoms with E-state index in [1.54, 1.807) is 0 Å². The molecule has 3 aliphatic heterocycles. The molecule has 5 nitrogen and oxygen atoms in total. The van der Waals surface area contributed by atoms with Gasteiger partial charge in [-0.3, -0.25) is 9.79 Å². The number of fused-ring (bicyclic) bond motifs is 1. The number of nitrogens with one attached hydrogen (secondary N) is 1. The van der Waals surface area contributed by atoms with Crippen LogP contribution in [0.5, 0.6) is 11.5 Å². The Kier molecular flexibility index (Phi) is 4.95. The molecule has 1 aliphatic carbocycles. The van der Waals surface area contributed by atoms with Gasteiger partial charge in [-0.15, -0.1) is 24.2 Å². The number of hydrogen-bond acceptors (Lipinski definition) is 5. The molecular formula is C20H21ClN2O3S. The fraction of sp³-hybridized carbons (Fsp3) is 0.400. The molecule has 1 fully saturated rings. The molecule has 1 spiro atoms. The highest BCUT2D eigenvalue weighted by Gasteiger charge is 2.54. The van der Waals surface area contributed by atoms with E-state index in [9.17, 15) is 4.79 Å². The lowest BCUT2D eigenvalue weighted by atomic mass is 9.73. The van der Waals surface area contributed by atoms with Crippen molar-refractivity contribution in [2.24, 2.45) is 16.8 Å². The number of carbonyl (C=O) groups is 1. The molecule has 0 bridgehead atoms. The summed E-state index contributed by atoms with van der Waals surface area (Å²) in [5.74, 6) is 2.85. The average molecular weight is 405 g/mol. The van der Waals surface area contributed by atoms with Gasteiger partial charge in [-0.1, -0.05) is 18.2 Å². The second kappa shape index (κ2) is 7.24. The van der Waals surface area contributed by atoms with E-state index in [0.29, 0.717) is 12.5 Å². The summed E-state index contributed by atoms with van der Waals surface area (Å²) in [5.41, 5.74) is 2.15. The van der Waals surface area contributed by atoms with Gasteiger partial charge in [0.05, 0.1) is 16.4 Å². The monoisotopic (exact) mass is 404 g/mol. The number of halogens is 1. The summed E-state index contributed by atoms with van der Waals surface area (Å²) in [7, 11) is 0. The van der Waals surface area contributed by atoms with E-state index >= 15 is 0 Å². The Bertz CT molecular complexity index is 854. The number of thioether (sulfide) groups is 1. The third-order valence-corrected chi connectivity index (χ3v) is 7.40. The third-order valence-electron chi connectivity index (χ3n) is 5.68. The molecule has 1 N–H and O–H groups in total. The van der Waals surface area contributed by atoms with Crippen LogP contribution >= 0.6 is 24.2 Å². The number of carbonyl (C=O) groups excluding carboxylic acids is 1. The normalized spacial score (nSPS) is 29.4. The largest absolute Gasteiger partial charge is 0.454 e. The molecule has 1 aromatic carbocycles. The molecule has 1 saturated heterocycles. The molecule has 3 heterocycles. The zero-order chi connectivity index (χ0) is 17.6. The zero-order valence-electron chi connectivity index (χ0n) is 14.7. The first kappa shape index (κ1) is 18.4. The first-order chi connectivity index (χ1) is 12.8. The average Bonchev–Trinajstić information content (AvgIpc) is 3.29. The molecular weight excluding hydrogens is 384 g/mol. The number of rotatable bonds is 3. The van der Waals surface area contributed by atoms with Gasteiger partial charge in [0.15, 0.2) is 11.5 Å². The Hall–Kier alpha value is -1.92. The first-order valence-electron chi connectivity index (χ1n) is 8.96. The Morgan fingerprint density at radius 3 is 3.15 bits per heavy atom. The summed E-state index contributed by atoms with van der Waals surface area (Å²) in [6, 6.07) is 5.81. The molecule has 4 aliphatic rings. The minimum atomic E-state index is -0.00967. The van der Waals surface area contributed by atoms with Gasteiger partial charge in [-0.05, 0) is 42.5 Å². The standard InChI is InChI=1S/C20H20N2O3S.ClH/c23-19(22-10-13-4-5-16-17(9-13)25-12-24-16)14-11-26-20-7-2-1-3-18(20)21-8-6-15(14)20;/h1-5,8-9,14-15H,6-7,10-12H2,(H,22,23);1H/t14?,15?,20-;/m1./s1. The molecule has 5 rings (SSSR count). The topological polar surface area (TPSA) is 59.9 Å². The van der Waals surface area contributed by atoms with Crippen LogP contribution in [0.3, 0.4) is 0 Å². The van der Waals surface area contributed by atoms with Crippen molar-refractivity contribution in [1.29, 1.82) is 0 Å². The van der Waals surface area contributed by atoms with E-state index in [4.69, 9.17) is 9.47 Å². The van der Waals surface area contributed by atoms with Gasteiger partial charge >= 0.3 is 0 Å². The van der Waals surface area contributed by atoms with Gasteiger partial charge < -0.3 is 14.8 Å². The highest BCUT2D eigenvalue weighted by molar-refractivity contribution is 8.01. The van der Waals surface area contributed by atoms with Crippen molar-refractivity contribution in [3.8, 4) is 11.5 Å². The molecule has 1 aromatic rings. The quantitative estimate of drug-likeness (QED) is 0.837. The van der Waals surface area contributed by atoms with Gasteiger partial charge in [-0.25, -0.2) is 0 Å². The first-order valence-corrected chi connectivity index (χ1v) is 9.95. The van der Waals surface area contributed by atoms with Crippen molar-refractivity contribution in [2.45, 2.75) is 24.1 Å². The summed E-state index contributed by atoms with van der Waals surface area (Å²) < 4.78 is 10.7. The lowest BCUT2D eigenvalue weighted by molar-refractivity contribution is -0.126. The van der Waals surface area contributed by atoms with E-state index in [0.717, 1.165) is 41.4 Å². The van der Waals surface area contributed by atoms with Gasteiger partial charge in [0.1, 0.15) is 0 Å². The van der Waals surface area contributed by atoms with Crippen LogP contribution in [0.15, 0.2) is 47.1 Å². The number of hydrogen-bond donors (Lipinski definition) is 1. The van der Waals surface area contributed by atoms with Crippen molar-refractivity contribution in [1.82, 2.24) is 5.32 Å². The van der Waals surface area contributed by atoms with Crippen LogP contribution in [-0.4, -0.2) is 29.4 Å². The van der Waals surface area contributed by atoms with E-state index in [1.165, 1.54) is 0 Å². The zero-order valence-corrected chi connectivity index (χ0v) is 16.4. The van der Waals surface area contributed by atoms with E-state index < -0.39 is 0 Å². The maximum Gasteiger partial charge on any atom is 0.231 e. The van der Waals surface area contributed by atoms with E-state index in [2.05, 4.69) is 28.5 Å². The SMILES string of the molecule is Cl.O=C(NCc1ccc2c(c1)OCO2)C1CS[C@@]23CC=CC=C2N=CCC13. The van der Waals surface area contributed by atoms with Gasteiger partial charge in [0.25, 0.3) is 0 Å². The van der Waals surface area contributed by atoms with E-state index in [1.807, 2.05) is 36.2 Å². The van der Waals surface area contributed by atoms with Crippen LogP contribution in [0, 0.1) is 11.8 Å². The molecule has 3 atom stereocenters.